The minimum atomic E-state index is 0.657. The SMILES string of the molecule is Cn1c2ccncc2c2ccc(C3CCCNC3)cc21. The molecule has 2 aromatic heterocycles. The number of fused-ring (bicyclic) bond motifs is 3. The van der Waals surface area contributed by atoms with Crippen molar-refractivity contribution in [3.8, 4) is 0 Å². The Morgan fingerprint density at radius 2 is 2.15 bits per heavy atom. The fourth-order valence-corrected chi connectivity index (χ4v) is 3.46. The third-order valence-electron chi connectivity index (χ3n) is 4.60. The summed E-state index contributed by atoms with van der Waals surface area (Å²) in [4.78, 5) is 4.27. The van der Waals surface area contributed by atoms with Gasteiger partial charge in [0, 0.05) is 42.3 Å². The molecule has 1 saturated heterocycles. The lowest BCUT2D eigenvalue weighted by atomic mass is 9.91. The highest BCUT2D eigenvalue weighted by Crippen LogP contribution is 2.31. The maximum Gasteiger partial charge on any atom is 0.0519 e. The fourth-order valence-electron chi connectivity index (χ4n) is 3.46. The molecular weight excluding hydrogens is 246 g/mol. The normalized spacial score (nSPS) is 19.8. The van der Waals surface area contributed by atoms with Crippen LogP contribution >= 0.6 is 0 Å². The molecule has 1 atom stereocenters. The summed E-state index contributed by atoms with van der Waals surface area (Å²) in [6.07, 6.45) is 6.42. The lowest BCUT2D eigenvalue weighted by Gasteiger charge is -2.23. The minimum Gasteiger partial charge on any atom is -0.344 e. The molecule has 0 radical (unpaired) electrons. The predicted octanol–water partition coefficient (Wildman–Crippen LogP) is 3.19. The number of benzene rings is 1. The van der Waals surface area contributed by atoms with Crippen LogP contribution in [0.4, 0.5) is 0 Å². The lowest BCUT2D eigenvalue weighted by molar-refractivity contribution is 0.462. The first-order chi connectivity index (χ1) is 9.84. The van der Waals surface area contributed by atoms with Gasteiger partial charge in [-0.05, 0) is 43.0 Å². The lowest BCUT2D eigenvalue weighted by Crippen LogP contribution is -2.28. The van der Waals surface area contributed by atoms with Gasteiger partial charge in [-0.15, -0.1) is 0 Å². The molecule has 3 heteroatoms. The average Bonchev–Trinajstić information content (AvgIpc) is 2.81. The van der Waals surface area contributed by atoms with E-state index in [9.17, 15) is 0 Å². The van der Waals surface area contributed by atoms with Gasteiger partial charge < -0.3 is 9.88 Å². The molecule has 1 fully saturated rings. The summed E-state index contributed by atoms with van der Waals surface area (Å²) in [7, 11) is 2.15. The van der Waals surface area contributed by atoms with E-state index in [-0.39, 0.29) is 0 Å². The van der Waals surface area contributed by atoms with Crippen LogP contribution in [-0.4, -0.2) is 22.6 Å². The first-order valence-electron chi connectivity index (χ1n) is 7.37. The summed E-state index contributed by atoms with van der Waals surface area (Å²) >= 11 is 0. The molecule has 0 aliphatic carbocycles. The molecule has 1 unspecified atom stereocenters. The summed E-state index contributed by atoms with van der Waals surface area (Å²) in [5.74, 6) is 0.657. The van der Waals surface area contributed by atoms with Gasteiger partial charge in [-0.25, -0.2) is 0 Å². The number of hydrogen-bond acceptors (Lipinski definition) is 2. The molecule has 1 N–H and O–H groups in total. The molecule has 1 aliphatic rings. The van der Waals surface area contributed by atoms with Crippen LogP contribution in [0.5, 0.6) is 0 Å². The Bertz CT molecular complexity index is 766. The molecule has 1 aliphatic heterocycles. The number of aryl methyl sites for hydroxylation is 1. The van der Waals surface area contributed by atoms with E-state index >= 15 is 0 Å². The van der Waals surface area contributed by atoms with Crippen molar-refractivity contribution in [2.24, 2.45) is 7.05 Å². The van der Waals surface area contributed by atoms with Gasteiger partial charge in [-0.2, -0.15) is 0 Å². The monoisotopic (exact) mass is 265 g/mol. The molecule has 3 aromatic rings. The van der Waals surface area contributed by atoms with Gasteiger partial charge in [0.25, 0.3) is 0 Å². The summed E-state index contributed by atoms with van der Waals surface area (Å²) < 4.78 is 2.28. The predicted molar refractivity (Wildman–Crippen MR) is 83.1 cm³/mol. The van der Waals surface area contributed by atoms with Crippen LogP contribution in [0, 0.1) is 0 Å². The van der Waals surface area contributed by atoms with Crippen molar-refractivity contribution in [1.29, 1.82) is 0 Å². The maximum atomic E-state index is 4.27. The Balaban J connectivity index is 1.90. The Morgan fingerprint density at radius 1 is 1.20 bits per heavy atom. The van der Waals surface area contributed by atoms with E-state index in [2.05, 4.69) is 46.2 Å². The van der Waals surface area contributed by atoms with Crippen LogP contribution < -0.4 is 5.32 Å². The minimum absolute atomic E-state index is 0.657. The van der Waals surface area contributed by atoms with Crippen molar-refractivity contribution >= 4 is 21.8 Å². The van der Waals surface area contributed by atoms with Crippen molar-refractivity contribution in [3.05, 3.63) is 42.2 Å². The van der Waals surface area contributed by atoms with Crippen LogP contribution in [0.1, 0.15) is 24.3 Å². The Kier molecular flexibility index (Phi) is 2.74. The molecule has 102 valence electrons. The molecule has 3 heterocycles. The van der Waals surface area contributed by atoms with Gasteiger partial charge >= 0.3 is 0 Å². The topological polar surface area (TPSA) is 29.9 Å². The highest BCUT2D eigenvalue weighted by molar-refractivity contribution is 6.07. The largest absolute Gasteiger partial charge is 0.344 e. The number of nitrogens with zero attached hydrogens (tertiary/aromatic N) is 2. The van der Waals surface area contributed by atoms with Gasteiger partial charge in [-0.3, -0.25) is 4.98 Å². The van der Waals surface area contributed by atoms with Crippen LogP contribution in [0.3, 0.4) is 0 Å². The number of rotatable bonds is 1. The number of aromatic nitrogens is 2. The van der Waals surface area contributed by atoms with E-state index in [0.717, 1.165) is 6.54 Å². The second-order valence-electron chi connectivity index (χ2n) is 5.77. The summed E-state index contributed by atoms with van der Waals surface area (Å²) in [5, 5.41) is 6.06. The maximum absolute atomic E-state index is 4.27. The molecule has 4 rings (SSSR count). The van der Waals surface area contributed by atoms with E-state index in [1.54, 1.807) is 0 Å². The third-order valence-corrected chi connectivity index (χ3v) is 4.60. The van der Waals surface area contributed by atoms with Crippen molar-refractivity contribution in [2.45, 2.75) is 18.8 Å². The standard InChI is InChI=1S/C17H19N3/c1-20-16-6-8-19-11-15(16)14-5-4-12(9-17(14)20)13-3-2-7-18-10-13/h4-6,8-9,11,13,18H,2-3,7,10H2,1H3. The summed E-state index contributed by atoms with van der Waals surface area (Å²) in [6.45, 7) is 2.27. The van der Waals surface area contributed by atoms with Crippen molar-refractivity contribution in [2.75, 3.05) is 13.1 Å². The molecule has 3 nitrogen and oxygen atoms in total. The van der Waals surface area contributed by atoms with Gasteiger partial charge in [-0.1, -0.05) is 12.1 Å². The van der Waals surface area contributed by atoms with E-state index in [1.807, 2.05) is 12.4 Å². The van der Waals surface area contributed by atoms with E-state index < -0.39 is 0 Å². The average molecular weight is 265 g/mol. The molecule has 0 saturated carbocycles. The van der Waals surface area contributed by atoms with Crippen molar-refractivity contribution in [3.63, 3.8) is 0 Å². The van der Waals surface area contributed by atoms with Gasteiger partial charge in [0.15, 0.2) is 0 Å². The van der Waals surface area contributed by atoms with Crippen molar-refractivity contribution in [1.82, 2.24) is 14.9 Å². The number of hydrogen-bond donors (Lipinski definition) is 1. The van der Waals surface area contributed by atoms with E-state index in [1.165, 1.54) is 46.8 Å². The van der Waals surface area contributed by atoms with Gasteiger partial charge in [0.2, 0.25) is 0 Å². The molecular formula is C17H19N3. The smallest absolute Gasteiger partial charge is 0.0519 e. The van der Waals surface area contributed by atoms with E-state index in [4.69, 9.17) is 0 Å². The van der Waals surface area contributed by atoms with Gasteiger partial charge in [0.1, 0.15) is 0 Å². The Labute approximate surface area is 118 Å². The number of pyridine rings is 1. The Hall–Kier alpha value is -1.87. The molecule has 1 aromatic carbocycles. The zero-order valence-electron chi connectivity index (χ0n) is 11.8. The molecule has 20 heavy (non-hydrogen) atoms. The first kappa shape index (κ1) is 11.9. The van der Waals surface area contributed by atoms with Crippen LogP contribution in [0.2, 0.25) is 0 Å². The molecule has 0 amide bonds. The van der Waals surface area contributed by atoms with Crippen LogP contribution in [0.15, 0.2) is 36.7 Å². The second-order valence-corrected chi connectivity index (χ2v) is 5.77. The summed E-state index contributed by atoms with van der Waals surface area (Å²) in [6, 6.07) is 9.03. The number of nitrogens with one attached hydrogen (secondary N) is 1. The third kappa shape index (κ3) is 1.74. The van der Waals surface area contributed by atoms with Gasteiger partial charge in [0.05, 0.1) is 5.52 Å². The fraction of sp³-hybridized carbons (Fsp3) is 0.353. The molecule has 0 bridgehead atoms. The number of piperidine rings is 1. The first-order valence-corrected chi connectivity index (χ1v) is 7.37. The molecule has 0 spiro atoms. The quantitative estimate of drug-likeness (QED) is 0.732. The van der Waals surface area contributed by atoms with Crippen molar-refractivity contribution < 1.29 is 0 Å². The van der Waals surface area contributed by atoms with E-state index in [0.29, 0.717) is 5.92 Å². The zero-order chi connectivity index (χ0) is 13.5. The zero-order valence-corrected chi connectivity index (χ0v) is 11.8. The Morgan fingerprint density at radius 3 is 3.00 bits per heavy atom. The van der Waals surface area contributed by atoms with Crippen LogP contribution in [-0.2, 0) is 7.05 Å². The highest BCUT2D eigenvalue weighted by atomic mass is 14.9. The van der Waals surface area contributed by atoms with Crippen LogP contribution in [0.25, 0.3) is 21.8 Å². The highest BCUT2D eigenvalue weighted by Gasteiger charge is 2.16. The second kappa shape index (κ2) is 4.60. The summed E-state index contributed by atoms with van der Waals surface area (Å²) in [5.41, 5.74) is 4.04.